The average molecular weight is 346 g/mol. The maximum atomic E-state index is 12.6. The number of aromatic amines is 1. The van der Waals surface area contributed by atoms with Gasteiger partial charge in [-0.3, -0.25) is 4.79 Å². The number of methoxy groups -OCH3 is 1. The van der Waals surface area contributed by atoms with Crippen LogP contribution in [0.4, 0.5) is 5.69 Å². The normalized spacial score (nSPS) is 23.4. The zero-order valence-electron chi connectivity index (χ0n) is 14.7. The Morgan fingerprint density at radius 1 is 1.28 bits per heavy atom. The van der Waals surface area contributed by atoms with Gasteiger partial charge < -0.3 is 24.7 Å². The molecule has 0 radical (unpaired) electrons. The molecule has 0 saturated carbocycles. The Hall–Kier alpha value is -2.38. The Morgan fingerprint density at radius 2 is 1.96 bits per heavy atom. The summed E-state index contributed by atoms with van der Waals surface area (Å²) in [5.74, 6) is -0.640. The number of para-hydroxylation sites is 1. The van der Waals surface area contributed by atoms with E-state index in [1.165, 1.54) is 12.0 Å². The van der Waals surface area contributed by atoms with E-state index in [0.717, 1.165) is 24.0 Å². The van der Waals surface area contributed by atoms with E-state index in [2.05, 4.69) is 10.3 Å². The third-order valence-electron chi connectivity index (χ3n) is 4.39. The summed E-state index contributed by atoms with van der Waals surface area (Å²) in [5.41, 5.74) is 1.51. The highest BCUT2D eigenvalue weighted by molar-refractivity contribution is 6.11. The van der Waals surface area contributed by atoms with Gasteiger partial charge in [-0.25, -0.2) is 4.79 Å². The van der Waals surface area contributed by atoms with E-state index >= 15 is 0 Å². The van der Waals surface area contributed by atoms with Crippen LogP contribution >= 0.6 is 0 Å². The van der Waals surface area contributed by atoms with Crippen molar-refractivity contribution < 1.29 is 24.0 Å². The molecule has 2 heterocycles. The number of hydrogen-bond donors (Lipinski definition) is 3. The number of amides is 1. The van der Waals surface area contributed by atoms with Crippen molar-refractivity contribution in [2.24, 2.45) is 0 Å². The van der Waals surface area contributed by atoms with Crippen LogP contribution in [0.2, 0.25) is 0 Å². The van der Waals surface area contributed by atoms with Crippen LogP contribution in [0.15, 0.2) is 24.3 Å². The predicted octanol–water partition coefficient (Wildman–Crippen LogP) is 0.585. The van der Waals surface area contributed by atoms with Gasteiger partial charge in [0.25, 0.3) is 5.91 Å². The summed E-state index contributed by atoms with van der Waals surface area (Å²) in [7, 11) is 1.32. The van der Waals surface area contributed by atoms with Crippen molar-refractivity contribution in [3.8, 4) is 0 Å². The van der Waals surface area contributed by atoms with Crippen LogP contribution in [0.5, 0.6) is 0 Å². The molecule has 7 nitrogen and oxygen atoms in total. The van der Waals surface area contributed by atoms with Crippen molar-refractivity contribution >= 4 is 28.5 Å². The van der Waals surface area contributed by atoms with Crippen molar-refractivity contribution in [1.29, 1.82) is 0 Å². The number of carbonyl (C=O) groups is 2. The molecule has 1 aromatic heterocycles. The number of hydrogen-bond acceptors (Lipinski definition) is 4. The Labute approximate surface area is 146 Å². The van der Waals surface area contributed by atoms with Gasteiger partial charge in [-0.15, -0.1) is 0 Å². The number of quaternary nitrogens is 1. The lowest BCUT2D eigenvalue weighted by atomic mass is 10.2. The molecule has 2 aromatic rings. The predicted molar refractivity (Wildman–Crippen MR) is 93.8 cm³/mol. The van der Waals surface area contributed by atoms with Crippen molar-refractivity contribution in [3.63, 3.8) is 0 Å². The van der Waals surface area contributed by atoms with Crippen LogP contribution in [0, 0.1) is 0 Å². The number of nitrogens with one attached hydrogen (secondary N) is 3. The van der Waals surface area contributed by atoms with Gasteiger partial charge in [-0.1, -0.05) is 18.2 Å². The molecule has 0 spiro atoms. The Balaban J connectivity index is 1.79. The van der Waals surface area contributed by atoms with Gasteiger partial charge in [0.15, 0.2) is 6.54 Å². The molecule has 7 heteroatoms. The molecule has 0 bridgehead atoms. The molecule has 1 aliphatic rings. The Morgan fingerprint density at radius 3 is 2.64 bits per heavy atom. The molecule has 1 amide bonds. The quantitative estimate of drug-likeness (QED) is 0.707. The SMILES string of the molecule is COC(=O)c1[nH]c2ccccc2c1NC(=O)C[NH+]1C[C@@H](C)O[C@@H](C)C1. The van der Waals surface area contributed by atoms with Gasteiger partial charge in [0.1, 0.15) is 31.0 Å². The van der Waals surface area contributed by atoms with Gasteiger partial charge in [0.05, 0.1) is 12.8 Å². The molecule has 3 rings (SSSR count). The zero-order valence-corrected chi connectivity index (χ0v) is 14.7. The van der Waals surface area contributed by atoms with E-state index in [1.807, 2.05) is 38.1 Å². The molecule has 134 valence electrons. The minimum Gasteiger partial charge on any atom is -0.464 e. The highest BCUT2D eigenvalue weighted by Crippen LogP contribution is 2.28. The third-order valence-corrected chi connectivity index (χ3v) is 4.39. The van der Waals surface area contributed by atoms with E-state index in [-0.39, 0.29) is 23.8 Å². The fourth-order valence-corrected chi connectivity index (χ4v) is 3.47. The van der Waals surface area contributed by atoms with Crippen LogP contribution in [0.25, 0.3) is 10.9 Å². The van der Waals surface area contributed by atoms with E-state index in [1.54, 1.807) is 0 Å². The molecule has 1 fully saturated rings. The van der Waals surface area contributed by atoms with Crippen LogP contribution < -0.4 is 10.2 Å². The minimum absolute atomic E-state index is 0.130. The first kappa shape index (κ1) is 17.4. The number of H-pyrrole nitrogens is 1. The molecule has 1 aliphatic heterocycles. The lowest BCUT2D eigenvalue weighted by Crippen LogP contribution is -3.16. The molecule has 0 aliphatic carbocycles. The number of esters is 1. The second-order valence-electron chi connectivity index (χ2n) is 6.55. The van der Waals surface area contributed by atoms with Gasteiger partial charge in [0.2, 0.25) is 0 Å². The maximum absolute atomic E-state index is 12.6. The summed E-state index contributed by atoms with van der Waals surface area (Å²) in [6.45, 7) is 5.94. The lowest BCUT2D eigenvalue weighted by molar-refractivity contribution is -0.907. The molecule has 3 atom stereocenters. The van der Waals surface area contributed by atoms with Crippen LogP contribution in [-0.2, 0) is 14.3 Å². The molecule has 1 saturated heterocycles. The highest BCUT2D eigenvalue weighted by atomic mass is 16.5. The summed E-state index contributed by atoms with van der Waals surface area (Å²) >= 11 is 0. The first-order valence-electron chi connectivity index (χ1n) is 8.45. The molecule has 1 aromatic carbocycles. The first-order chi connectivity index (χ1) is 12.0. The summed E-state index contributed by atoms with van der Waals surface area (Å²) in [6, 6.07) is 7.45. The minimum atomic E-state index is -0.507. The van der Waals surface area contributed by atoms with Crippen molar-refractivity contribution in [3.05, 3.63) is 30.0 Å². The fraction of sp³-hybridized carbons (Fsp3) is 0.444. The van der Waals surface area contributed by atoms with Gasteiger partial charge in [0, 0.05) is 10.9 Å². The van der Waals surface area contributed by atoms with E-state index < -0.39 is 5.97 Å². The number of rotatable bonds is 4. The lowest BCUT2D eigenvalue weighted by Gasteiger charge is -2.31. The second-order valence-corrected chi connectivity index (χ2v) is 6.55. The van der Waals surface area contributed by atoms with Crippen molar-refractivity contribution in [1.82, 2.24) is 4.98 Å². The number of aromatic nitrogens is 1. The van der Waals surface area contributed by atoms with Crippen LogP contribution in [-0.4, -0.2) is 55.8 Å². The highest BCUT2D eigenvalue weighted by Gasteiger charge is 2.28. The number of fused-ring (bicyclic) bond motifs is 1. The van der Waals surface area contributed by atoms with Crippen LogP contribution in [0.3, 0.4) is 0 Å². The molecular weight excluding hydrogens is 322 g/mol. The fourth-order valence-electron chi connectivity index (χ4n) is 3.47. The Kier molecular flexibility index (Phi) is 5.06. The number of anilines is 1. The molecule has 1 unspecified atom stereocenters. The number of morpholine rings is 1. The largest absolute Gasteiger partial charge is 0.464 e. The molecular formula is C18H24N3O4+. The monoisotopic (exact) mass is 346 g/mol. The van der Waals surface area contributed by atoms with E-state index in [4.69, 9.17) is 9.47 Å². The topological polar surface area (TPSA) is 84.9 Å². The number of benzene rings is 1. The zero-order chi connectivity index (χ0) is 18.0. The smallest absolute Gasteiger partial charge is 0.356 e. The summed E-state index contributed by atoms with van der Waals surface area (Å²) < 4.78 is 10.5. The van der Waals surface area contributed by atoms with Gasteiger partial charge >= 0.3 is 5.97 Å². The van der Waals surface area contributed by atoms with E-state index in [9.17, 15) is 9.59 Å². The maximum Gasteiger partial charge on any atom is 0.356 e. The first-order valence-corrected chi connectivity index (χ1v) is 8.45. The standard InChI is InChI=1S/C18H23N3O4/c1-11-8-21(9-12(2)25-11)10-15(22)20-16-13-6-4-5-7-14(13)19-17(16)18(23)24-3/h4-7,11-12,19H,8-10H2,1-3H3,(H,20,22)/p+1/t11-,12+. The summed E-state index contributed by atoms with van der Waals surface area (Å²) in [4.78, 5) is 28.8. The van der Waals surface area contributed by atoms with Crippen molar-refractivity contribution in [2.75, 3.05) is 32.1 Å². The number of ether oxygens (including phenoxy) is 2. The molecule has 25 heavy (non-hydrogen) atoms. The van der Waals surface area contributed by atoms with E-state index in [0.29, 0.717) is 12.2 Å². The average Bonchev–Trinajstić information content (AvgIpc) is 2.92. The van der Waals surface area contributed by atoms with Crippen molar-refractivity contribution in [2.45, 2.75) is 26.1 Å². The van der Waals surface area contributed by atoms with Crippen LogP contribution in [0.1, 0.15) is 24.3 Å². The third kappa shape index (κ3) is 3.83. The molecule has 3 N–H and O–H groups in total. The number of carbonyl (C=O) groups excluding carboxylic acids is 2. The summed E-state index contributed by atoms with van der Waals surface area (Å²) in [5, 5.41) is 3.68. The van der Waals surface area contributed by atoms with Gasteiger partial charge in [-0.05, 0) is 19.9 Å². The Bertz CT molecular complexity index is 776. The second kappa shape index (κ2) is 7.25. The van der Waals surface area contributed by atoms with Gasteiger partial charge in [-0.2, -0.15) is 0 Å². The summed E-state index contributed by atoms with van der Waals surface area (Å²) in [6.07, 6.45) is 0.260.